The lowest BCUT2D eigenvalue weighted by atomic mass is 9.77. The number of hydrogen-bond donors (Lipinski definition) is 0. The van der Waals surface area contributed by atoms with Crippen LogP contribution >= 0.6 is 0 Å². The lowest BCUT2D eigenvalue weighted by Crippen LogP contribution is -2.52. The van der Waals surface area contributed by atoms with Gasteiger partial charge in [0.15, 0.2) is 0 Å². The molecule has 0 N–H and O–H groups in total. The Bertz CT molecular complexity index is 1390. The van der Waals surface area contributed by atoms with Crippen molar-refractivity contribution in [1.29, 1.82) is 0 Å². The summed E-state index contributed by atoms with van der Waals surface area (Å²) >= 11 is 0. The minimum absolute atomic E-state index is 0.238. The fraction of sp³-hybridized carbons (Fsp3) is 0.267. The number of carbonyl (C=O) groups is 4. The number of benzene rings is 3. The Morgan fingerprint density at radius 2 is 1.47 bits per heavy atom. The molecule has 2 amide bonds. The highest BCUT2D eigenvalue weighted by Crippen LogP contribution is 2.57. The van der Waals surface area contributed by atoms with Crippen molar-refractivity contribution in [1.82, 2.24) is 4.90 Å². The van der Waals surface area contributed by atoms with Gasteiger partial charge in [-0.25, -0.2) is 0 Å². The maximum Gasteiger partial charge on any atom is 0.237 e. The SMILES string of the molecule is Cc1cccc([C@@H]2OC3(C(=O)c4ccccc4C3=O)[C@@H]3C(=O)N([C@H](C)Cc4ccccc4)C(=O)[C@H]32)c1. The first kappa shape index (κ1) is 22.6. The number of amides is 2. The van der Waals surface area contributed by atoms with Gasteiger partial charge in [0, 0.05) is 17.2 Å². The molecule has 0 saturated carbocycles. The Morgan fingerprint density at radius 3 is 2.11 bits per heavy atom. The second-order valence-corrected chi connectivity index (χ2v) is 9.98. The van der Waals surface area contributed by atoms with Crippen LogP contribution in [-0.4, -0.2) is 39.9 Å². The van der Waals surface area contributed by atoms with Crippen LogP contribution in [0.3, 0.4) is 0 Å². The minimum Gasteiger partial charge on any atom is -0.349 e. The fourth-order valence-electron chi connectivity index (χ4n) is 6.17. The number of nitrogens with zero attached hydrogens (tertiary/aromatic N) is 1. The van der Waals surface area contributed by atoms with E-state index in [1.165, 1.54) is 4.90 Å². The lowest BCUT2D eigenvalue weighted by Gasteiger charge is -2.29. The number of hydrogen-bond acceptors (Lipinski definition) is 5. The number of ketones is 2. The predicted molar refractivity (Wildman–Crippen MR) is 131 cm³/mol. The van der Waals surface area contributed by atoms with Gasteiger partial charge in [-0.15, -0.1) is 0 Å². The van der Waals surface area contributed by atoms with Crippen LogP contribution in [0.15, 0.2) is 78.9 Å². The van der Waals surface area contributed by atoms with Crippen LogP contribution in [0.2, 0.25) is 0 Å². The van der Waals surface area contributed by atoms with E-state index in [9.17, 15) is 19.2 Å². The fourth-order valence-corrected chi connectivity index (χ4v) is 6.17. The van der Waals surface area contributed by atoms with Crippen LogP contribution in [0.5, 0.6) is 0 Å². The van der Waals surface area contributed by atoms with Gasteiger partial charge in [0.2, 0.25) is 29.0 Å². The van der Waals surface area contributed by atoms with Crippen molar-refractivity contribution in [3.05, 3.63) is 107 Å². The van der Waals surface area contributed by atoms with Crippen LogP contribution in [-0.2, 0) is 20.7 Å². The molecule has 0 bridgehead atoms. The molecule has 0 radical (unpaired) electrons. The predicted octanol–water partition coefficient (Wildman–Crippen LogP) is 4.12. The third kappa shape index (κ3) is 3.00. The molecule has 36 heavy (non-hydrogen) atoms. The molecule has 6 nitrogen and oxygen atoms in total. The van der Waals surface area contributed by atoms with Gasteiger partial charge in [-0.1, -0.05) is 84.4 Å². The molecule has 2 saturated heterocycles. The Hall–Kier alpha value is -3.90. The Labute approximate surface area is 208 Å². The average Bonchev–Trinajstić information content (AvgIpc) is 3.44. The van der Waals surface area contributed by atoms with E-state index in [1.807, 2.05) is 68.4 Å². The summed E-state index contributed by atoms with van der Waals surface area (Å²) in [5, 5.41) is 0. The standard InChI is InChI=1S/C30H25NO5/c1-17-9-8-12-20(15-17)25-23-24(30(36-25)26(32)21-13-6-7-14-22(21)27(30)33)29(35)31(28(23)34)18(2)16-19-10-4-3-5-11-19/h3-15,18,23-25H,16H2,1-2H3/t18-,23-,24+,25+/m1/s1. The molecular formula is C30H25NO5. The first-order valence-electron chi connectivity index (χ1n) is 12.2. The molecular weight excluding hydrogens is 454 g/mol. The molecule has 2 heterocycles. The van der Waals surface area contributed by atoms with E-state index in [2.05, 4.69) is 0 Å². The van der Waals surface area contributed by atoms with E-state index < -0.39 is 53.0 Å². The first-order chi connectivity index (χ1) is 17.3. The molecule has 0 aromatic heterocycles. The van der Waals surface area contributed by atoms with Gasteiger partial charge in [-0.3, -0.25) is 24.1 Å². The van der Waals surface area contributed by atoms with E-state index in [0.717, 1.165) is 11.1 Å². The first-order valence-corrected chi connectivity index (χ1v) is 12.2. The van der Waals surface area contributed by atoms with Gasteiger partial charge in [0.1, 0.15) is 0 Å². The summed E-state index contributed by atoms with van der Waals surface area (Å²) in [5.74, 6) is -4.15. The van der Waals surface area contributed by atoms with E-state index in [-0.39, 0.29) is 11.1 Å². The van der Waals surface area contributed by atoms with Gasteiger partial charge in [-0.2, -0.15) is 0 Å². The van der Waals surface area contributed by atoms with Gasteiger partial charge in [-0.05, 0) is 31.4 Å². The zero-order chi connectivity index (χ0) is 25.2. The Kier molecular flexibility index (Phi) is 5.05. The number of rotatable bonds is 4. The highest BCUT2D eigenvalue weighted by Gasteiger charge is 2.74. The summed E-state index contributed by atoms with van der Waals surface area (Å²) in [6, 6.07) is 23.2. The van der Waals surface area contributed by atoms with Gasteiger partial charge in [0.05, 0.1) is 17.9 Å². The number of ether oxygens (including phenoxy) is 1. The summed E-state index contributed by atoms with van der Waals surface area (Å²) in [5.41, 5.74) is 1.06. The molecule has 6 rings (SSSR count). The van der Waals surface area contributed by atoms with Crippen molar-refractivity contribution in [3.63, 3.8) is 0 Å². The van der Waals surface area contributed by atoms with E-state index in [1.54, 1.807) is 24.3 Å². The van der Waals surface area contributed by atoms with Crippen molar-refractivity contribution in [2.24, 2.45) is 11.8 Å². The van der Waals surface area contributed by atoms with Gasteiger partial charge >= 0.3 is 0 Å². The molecule has 4 atom stereocenters. The van der Waals surface area contributed by atoms with Crippen LogP contribution in [0.1, 0.15) is 50.4 Å². The lowest BCUT2D eigenvalue weighted by molar-refractivity contribution is -0.147. The van der Waals surface area contributed by atoms with Crippen molar-refractivity contribution in [3.8, 4) is 0 Å². The van der Waals surface area contributed by atoms with Gasteiger partial charge < -0.3 is 4.74 Å². The summed E-state index contributed by atoms with van der Waals surface area (Å²) in [7, 11) is 0. The molecule has 3 aromatic carbocycles. The Morgan fingerprint density at radius 1 is 0.833 bits per heavy atom. The van der Waals surface area contributed by atoms with Crippen LogP contribution in [0.25, 0.3) is 0 Å². The minimum atomic E-state index is -2.03. The molecule has 180 valence electrons. The number of fused-ring (bicyclic) bond motifs is 3. The van der Waals surface area contributed by atoms with Crippen molar-refractivity contribution < 1.29 is 23.9 Å². The smallest absolute Gasteiger partial charge is 0.237 e. The molecule has 1 spiro atoms. The monoisotopic (exact) mass is 479 g/mol. The summed E-state index contributed by atoms with van der Waals surface area (Å²) < 4.78 is 6.34. The topological polar surface area (TPSA) is 80.8 Å². The molecule has 3 aliphatic rings. The summed E-state index contributed by atoms with van der Waals surface area (Å²) in [6.07, 6.45) is -0.412. The maximum atomic E-state index is 14.0. The second-order valence-electron chi connectivity index (χ2n) is 9.98. The Balaban J connectivity index is 1.47. The molecule has 3 aromatic rings. The normalized spacial score (nSPS) is 24.9. The number of Topliss-reactive ketones (excluding diaryl/α,β-unsaturated/α-hetero) is 2. The molecule has 2 aliphatic heterocycles. The van der Waals surface area contributed by atoms with Crippen LogP contribution in [0.4, 0.5) is 0 Å². The van der Waals surface area contributed by atoms with Crippen molar-refractivity contribution in [2.45, 2.75) is 38.0 Å². The summed E-state index contributed by atoms with van der Waals surface area (Å²) in [4.78, 5) is 56.8. The van der Waals surface area contributed by atoms with E-state index >= 15 is 0 Å². The van der Waals surface area contributed by atoms with E-state index in [0.29, 0.717) is 12.0 Å². The van der Waals surface area contributed by atoms with Crippen LogP contribution in [0, 0.1) is 18.8 Å². The maximum absolute atomic E-state index is 14.0. The quantitative estimate of drug-likeness (QED) is 0.416. The molecule has 0 unspecified atom stereocenters. The molecule has 2 fully saturated rings. The van der Waals surface area contributed by atoms with Crippen molar-refractivity contribution >= 4 is 23.4 Å². The van der Waals surface area contributed by atoms with Crippen molar-refractivity contribution in [2.75, 3.05) is 0 Å². The number of carbonyl (C=O) groups excluding carboxylic acids is 4. The number of imide groups is 1. The number of aryl methyl sites for hydroxylation is 1. The number of likely N-dealkylation sites (tertiary alicyclic amines) is 1. The highest BCUT2D eigenvalue weighted by molar-refractivity contribution is 6.35. The third-order valence-electron chi connectivity index (χ3n) is 7.74. The zero-order valence-electron chi connectivity index (χ0n) is 20.0. The third-order valence-corrected chi connectivity index (χ3v) is 7.74. The molecule has 1 aliphatic carbocycles. The highest BCUT2D eigenvalue weighted by atomic mass is 16.5. The molecule has 6 heteroatoms. The van der Waals surface area contributed by atoms with E-state index in [4.69, 9.17) is 4.74 Å². The van der Waals surface area contributed by atoms with Gasteiger partial charge in [0.25, 0.3) is 0 Å². The average molecular weight is 480 g/mol. The second kappa shape index (κ2) is 8.07. The van der Waals surface area contributed by atoms with Crippen LogP contribution < -0.4 is 0 Å². The largest absolute Gasteiger partial charge is 0.349 e. The summed E-state index contributed by atoms with van der Waals surface area (Å²) in [6.45, 7) is 3.75. The zero-order valence-corrected chi connectivity index (χ0v) is 20.0.